The van der Waals surface area contributed by atoms with Crippen molar-refractivity contribution in [3.63, 3.8) is 0 Å². The number of rotatable bonds is 11. The molecule has 0 fully saturated rings. The second kappa shape index (κ2) is 11.0. The van der Waals surface area contributed by atoms with Crippen LogP contribution in [0.3, 0.4) is 0 Å². The summed E-state index contributed by atoms with van der Waals surface area (Å²) in [5.74, 6) is 1.09. The Bertz CT molecular complexity index is 1280. The lowest BCUT2D eigenvalue weighted by Gasteiger charge is -2.12. The van der Waals surface area contributed by atoms with Gasteiger partial charge in [-0.2, -0.15) is 0 Å². The summed E-state index contributed by atoms with van der Waals surface area (Å²) < 4.78 is 16.6. The molecular weight excluding hydrogens is 430 g/mol. The summed E-state index contributed by atoms with van der Waals surface area (Å²) in [5.41, 5.74) is 3.62. The maximum atomic E-state index is 13.0. The van der Waals surface area contributed by atoms with Gasteiger partial charge in [0.05, 0.1) is 25.4 Å². The maximum absolute atomic E-state index is 13.0. The van der Waals surface area contributed by atoms with E-state index in [0.29, 0.717) is 36.0 Å². The van der Waals surface area contributed by atoms with E-state index < -0.39 is 0 Å². The number of para-hydroxylation sites is 1. The smallest absolute Gasteiger partial charge is 0.269 e. The quantitative estimate of drug-likeness (QED) is 0.295. The number of nitrogens with one attached hydrogen (secondary N) is 2. The lowest BCUT2D eigenvalue weighted by molar-refractivity contribution is 0.0936. The molecule has 1 amide bonds. The zero-order valence-corrected chi connectivity index (χ0v) is 19.9. The molecule has 0 aliphatic rings. The van der Waals surface area contributed by atoms with Crippen LogP contribution in [0.25, 0.3) is 33.1 Å². The second-order valence-corrected chi connectivity index (χ2v) is 8.09. The van der Waals surface area contributed by atoms with Crippen molar-refractivity contribution in [3.8, 4) is 22.8 Å². The number of carbonyl (C=O) groups excluding carboxylic acids is 1. The van der Waals surface area contributed by atoms with Crippen LogP contribution in [-0.4, -0.2) is 49.9 Å². The summed E-state index contributed by atoms with van der Waals surface area (Å²) in [5, 5.41) is 4.95. The van der Waals surface area contributed by atoms with Gasteiger partial charge in [-0.3, -0.25) is 4.79 Å². The van der Waals surface area contributed by atoms with Gasteiger partial charge in [-0.05, 0) is 37.1 Å². The molecule has 0 aliphatic heterocycles. The van der Waals surface area contributed by atoms with Gasteiger partial charge in [-0.15, -0.1) is 0 Å². The van der Waals surface area contributed by atoms with Crippen molar-refractivity contribution in [2.24, 2.45) is 0 Å². The molecular formula is C27H31N3O4. The van der Waals surface area contributed by atoms with Gasteiger partial charge in [-0.1, -0.05) is 31.5 Å². The number of methoxy groups -OCH3 is 2. The molecule has 7 nitrogen and oxygen atoms in total. The average molecular weight is 462 g/mol. The van der Waals surface area contributed by atoms with Crippen molar-refractivity contribution >= 4 is 27.7 Å². The number of carbonyl (C=O) groups is 1. The van der Waals surface area contributed by atoms with Gasteiger partial charge in [0.2, 0.25) is 0 Å². The predicted molar refractivity (Wildman–Crippen MR) is 135 cm³/mol. The van der Waals surface area contributed by atoms with Crippen molar-refractivity contribution < 1.29 is 19.0 Å². The van der Waals surface area contributed by atoms with Crippen LogP contribution in [0, 0.1) is 0 Å². The second-order valence-electron chi connectivity index (χ2n) is 8.09. The third kappa shape index (κ3) is 4.99. The van der Waals surface area contributed by atoms with Crippen LogP contribution in [0.4, 0.5) is 0 Å². The number of ether oxygens (including phenoxy) is 3. The Kier molecular flexibility index (Phi) is 7.65. The molecule has 0 bridgehead atoms. The molecule has 0 radical (unpaired) electrons. The number of hydrogen-bond donors (Lipinski definition) is 2. The fraction of sp³-hybridized carbons (Fsp3) is 0.333. The Morgan fingerprint density at radius 2 is 1.82 bits per heavy atom. The van der Waals surface area contributed by atoms with E-state index in [2.05, 4.69) is 17.2 Å². The Hall–Kier alpha value is -3.58. The van der Waals surface area contributed by atoms with Crippen LogP contribution in [0.15, 0.2) is 48.5 Å². The van der Waals surface area contributed by atoms with Crippen molar-refractivity contribution in [3.05, 3.63) is 54.2 Å². The van der Waals surface area contributed by atoms with Gasteiger partial charge in [0.15, 0.2) is 0 Å². The molecule has 2 aromatic heterocycles. The Labute approximate surface area is 199 Å². The highest BCUT2D eigenvalue weighted by Gasteiger charge is 2.19. The minimum atomic E-state index is -0.213. The SMILES string of the molecule is CCCCOCCCNC(=O)c1cc2c([nH]c3ccccc32)c(-c2ccc(OC)cc2OC)n1. The highest BCUT2D eigenvalue weighted by atomic mass is 16.5. The van der Waals surface area contributed by atoms with Crippen molar-refractivity contribution in [1.82, 2.24) is 15.3 Å². The Balaban J connectivity index is 1.69. The summed E-state index contributed by atoms with van der Waals surface area (Å²) in [6.45, 7) is 4.05. The summed E-state index contributed by atoms with van der Waals surface area (Å²) in [6.07, 6.45) is 2.92. The number of amides is 1. The lowest BCUT2D eigenvalue weighted by atomic mass is 10.0. The third-order valence-electron chi connectivity index (χ3n) is 5.79. The lowest BCUT2D eigenvalue weighted by Crippen LogP contribution is -2.26. The van der Waals surface area contributed by atoms with Crippen molar-refractivity contribution in [2.75, 3.05) is 34.0 Å². The molecule has 0 saturated carbocycles. The highest BCUT2D eigenvalue weighted by Crippen LogP contribution is 2.38. The van der Waals surface area contributed by atoms with E-state index in [-0.39, 0.29) is 5.91 Å². The molecule has 2 aromatic carbocycles. The maximum Gasteiger partial charge on any atom is 0.269 e. The molecule has 7 heteroatoms. The molecule has 0 spiro atoms. The van der Waals surface area contributed by atoms with E-state index >= 15 is 0 Å². The van der Waals surface area contributed by atoms with Gasteiger partial charge < -0.3 is 24.5 Å². The first kappa shape index (κ1) is 23.6. The molecule has 0 saturated heterocycles. The summed E-state index contributed by atoms with van der Waals surface area (Å²) >= 11 is 0. The number of hydrogen-bond acceptors (Lipinski definition) is 5. The average Bonchev–Trinajstić information content (AvgIpc) is 3.26. The summed E-state index contributed by atoms with van der Waals surface area (Å²) in [7, 11) is 3.22. The van der Waals surface area contributed by atoms with E-state index in [4.69, 9.17) is 19.2 Å². The van der Waals surface area contributed by atoms with Crippen molar-refractivity contribution in [2.45, 2.75) is 26.2 Å². The monoisotopic (exact) mass is 461 g/mol. The highest BCUT2D eigenvalue weighted by molar-refractivity contribution is 6.13. The largest absolute Gasteiger partial charge is 0.497 e. The molecule has 34 heavy (non-hydrogen) atoms. The fourth-order valence-electron chi connectivity index (χ4n) is 3.97. The van der Waals surface area contributed by atoms with Crippen LogP contribution in [0.2, 0.25) is 0 Å². The number of benzene rings is 2. The first-order valence-electron chi connectivity index (χ1n) is 11.7. The first-order valence-corrected chi connectivity index (χ1v) is 11.7. The van der Waals surface area contributed by atoms with Crippen LogP contribution in [-0.2, 0) is 4.74 Å². The fourth-order valence-corrected chi connectivity index (χ4v) is 3.97. The minimum Gasteiger partial charge on any atom is -0.497 e. The van der Waals surface area contributed by atoms with Gasteiger partial charge >= 0.3 is 0 Å². The standard InChI is InChI=1S/C27H31N3O4/c1-4-5-14-34-15-8-13-28-27(31)23-17-21-19-9-6-7-10-22(19)29-26(21)25(30-23)20-12-11-18(32-2)16-24(20)33-3/h6-7,9-12,16-17,29H,4-5,8,13-15H2,1-3H3,(H,28,31). The molecule has 2 heterocycles. The Morgan fingerprint density at radius 1 is 1.00 bits per heavy atom. The van der Waals surface area contributed by atoms with Crippen LogP contribution < -0.4 is 14.8 Å². The number of H-pyrrole nitrogens is 1. The van der Waals surface area contributed by atoms with E-state index in [9.17, 15) is 4.79 Å². The topological polar surface area (TPSA) is 85.5 Å². The molecule has 178 valence electrons. The third-order valence-corrected chi connectivity index (χ3v) is 5.79. The number of aromatic nitrogens is 2. The number of aromatic amines is 1. The van der Waals surface area contributed by atoms with Gasteiger partial charge in [-0.25, -0.2) is 4.98 Å². The van der Waals surface area contributed by atoms with Crippen LogP contribution in [0.1, 0.15) is 36.7 Å². The van der Waals surface area contributed by atoms with E-state index in [1.165, 1.54) is 0 Å². The zero-order chi connectivity index (χ0) is 23.9. The molecule has 0 atom stereocenters. The predicted octanol–water partition coefficient (Wildman–Crippen LogP) is 5.34. The Morgan fingerprint density at radius 3 is 2.62 bits per heavy atom. The van der Waals surface area contributed by atoms with E-state index in [1.807, 2.05) is 48.5 Å². The van der Waals surface area contributed by atoms with Crippen LogP contribution in [0.5, 0.6) is 11.5 Å². The van der Waals surface area contributed by atoms with Crippen LogP contribution >= 0.6 is 0 Å². The summed E-state index contributed by atoms with van der Waals surface area (Å²) in [6, 6.07) is 15.5. The normalized spacial score (nSPS) is 11.1. The molecule has 4 aromatic rings. The van der Waals surface area contributed by atoms with Gasteiger partial charge in [0.25, 0.3) is 5.91 Å². The van der Waals surface area contributed by atoms with Gasteiger partial charge in [0.1, 0.15) is 17.2 Å². The zero-order valence-electron chi connectivity index (χ0n) is 19.9. The molecule has 0 aliphatic carbocycles. The van der Waals surface area contributed by atoms with E-state index in [1.54, 1.807) is 14.2 Å². The molecule has 2 N–H and O–H groups in total. The molecule has 0 unspecified atom stereocenters. The number of unbranched alkanes of at least 4 members (excludes halogenated alkanes) is 1. The number of pyridine rings is 1. The van der Waals surface area contributed by atoms with Crippen molar-refractivity contribution in [1.29, 1.82) is 0 Å². The minimum absolute atomic E-state index is 0.213. The number of nitrogens with zero attached hydrogens (tertiary/aromatic N) is 1. The van der Waals surface area contributed by atoms with Gasteiger partial charge in [0, 0.05) is 47.7 Å². The molecule has 4 rings (SSSR count). The number of fused-ring (bicyclic) bond motifs is 3. The first-order chi connectivity index (χ1) is 16.7. The van der Waals surface area contributed by atoms with E-state index in [0.717, 1.165) is 53.2 Å². The summed E-state index contributed by atoms with van der Waals surface area (Å²) in [4.78, 5) is 21.3.